The normalized spacial score (nSPS) is 16.8. The van der Waals surface area contributed by atoms with Gasteiger partial charge in [0.1, 0.15) is 23.3 Å². The predicted octanol–water partition coefficient (Wildman–Crippen LogP) is 3.82. The SMILES string of the molecule is N#Cc1cc2ccccc2nc1Nc1nc(N[C@H]2CCCNC2)ncc1C(F)(F)F. The number of nitriles is 1. The third-order valence-corrected chi connectivity index (χ3v) is 4.81. The van der Waals surface area contributed by atoms with Crippen LogP contribution in [0.5, 0.6) is 0 Å². The Bertz CT molecular complexity index is 1100. The summed E-state index contributed by atoms with van der Waals surface area (Å²) in [5.74, 6) is -0.368. The van der Waals surface area contributed by atoms with Gasteiger partial charge < -0.3 is 16.0 Å². The van der Waals surface area contributed by atoms with Gasteiger partial charge in [0, 0.05) is 24.2 Å². The Morgan fingerprint density at radius 3 is 2.73 bits per heavy atom. The number of benzene rings is 1. The van der Waals surface area contributed by atoms with Crippen molar-refractivity contribution in [3.05, 3.63) is 47.7 Å². The van der Waals surface area contributed by atoms with E-state index in [0.717, 1.165) is 25.6 Å². The highest BCUT2D eigenvalue weighted by Crippen LogP contribution is 2.35. The maximum absolute atomic E-state index is 13.5. The van der Waals surface area contributed by atoms with Gasteiger partial charge in [0.05, 0.1) is 11.1 Å². The highest BCUT2D eigenvalue weighted by Gasteiger charge is 2.36. The van der Waals surface area contributed by atoms with Crippen molar-refractivity contribution in [2.45, 2.75) is 25.1 Å². The fourth-order valence-corrected chi connectivity index (χ4v) is 3.32. The molecule has 0 spiro atoms. The maximum atomic E-state index is 13.5. The lowest BCUT2D eigenvalue weighted by molar-refractivity contribution is -0.137. The maximum Gasteiger partial charge on any atom is 0.421 e. The molecule has 2 aromatic heterocycles. The Balaban J connectivity index is 1.72. The summed E-state index contributed by atoms with van der Waals surface area (Å²) in [5, 5.41) is 19.1. The minimum Gasteiger partial charge on any atom is -0.350 e. The molecule has 0 amide bonds. The first-order valence-corrected chi connectivity index (χ1v) is 9.42. The number of halogens is 3. The molecule has 30 heavy (non-hydrogen) atoms. The summed E-state index contributed by atoms with van der Waals surface area (Å²) in [7, 11) is 0. The predicted molar refractivity (Wildman–Crippen MR) is 106 cm³/mol. The van der Waals surface area contributed by atoms with Crippen LogP contribution in [0.2, 0.25) is 0 Å². The van der Waals surface area contributed by atoms with E-state index in [2.05, 4.69) is 30.9 Å². The van der Waals surface area contributed by atoms with Crippen LogP contribution in [-0.4, -0.2) is 34.1 Å². The Labute approximate surface area is 170 Å². The van der Waals surface area contributed by atoms with E-state index in [9.17, 15) is 18.4 Å². The van der Waals surface area contributed by atoms with Gasteiger partial charge in [-0.15, -0.1) is 0 Å². The zero-order valence-electron chi connectivity index (χ0n) is 15.8. The molecule has 4 rings (SSSR count). The number of anilines is 3. The quantitative estimate of drug-likeness (QED) is 0.598. The highest BCUT2D eigenvalue weighted by atomic mass is 19.4. The number of aromatic nitrogens is 3. The zero-order valence-corrected chi connectivity index (χ0v) is 15.8. The Morgan fingerprint density at radius 1 is 1.17 bits per heavy atom. The molecular formula is C20H18F3N7. The van der Waals surface area contributed by atoms with Crippen LogP contribution in [0, 0.1) is 11.3 Å². The lowest BCUT2D eigenvalue weighted by Gasteiger charge is -2.24. The molecule has 154 valence electrons. The molecule has 1 aromatic carbocycles. The summed E-state index contributed by atoms with van der Waals surface area (Å²) >= 11 is 0. The first kappa shape index (κ1) is 19.8. The van der Waals surface area contributed by atoms with Crippen LogP contribution in [0.3, 0.4) is 0 Å². The number of hydrogen-bond acceptors (Lipinski definition) is 7. The highest BCUT2D eigenvalue weighted by molar-refractivity contribution is 5.83. The van der Waals surface area contributed by atoms with Crippen LogP contribution < -0.4 is 16.0 Å². The molecule has 0 radical (unpaired) electrons. The van der Waals surface area contributed by atoms with E-state index in [-0.39, 0.29) is 23.4 Å². The molecule has 1 fully saturated rings. The van der Waals surface area contributed by atoms with Gasteiger partial charge in [-0.1, -0.05) is 18.2 Å². The molecule has 0 saturated carbocycles. The van der Waals surface area contributed by atoms with E-state index in [0.29, 0.717) is 17.4 Å². The Hall–Kier alpha value is -3.45. The lowest BCUT2D eigenvalue weighted by Crippen LogP contribution is -2.38. The van der Waals surface area contributed by atoms with E-state index < -0.39 is 17.6 Å². The molecule has 1 aliphatic rings. The number of alkyl halides is 3. The minimum atomic E-state index is -4.67. The Morgan fingerprint density at radius 2 is 2.00 bits per heavy atom. The summed E-state index contributed by atoms with van der Waals surface area (Å²) in [6.07, 6.45) is -2.11. The number of fused-ring (bicyclic) bond motifs is 1. The number of piperidine rings is 1. The molecule has 3 aromatic rings. The van der Waals surface area contributed by atoms with Crippen molar-refractivity contribution in [1.29, 1.82) is 5.26 Å². The number of pyridine rings is 1. The summed E-state index contributed by atoms with van der Waals surface area (Å²) in [4.78, 5) is 12.2. The molecular weight excluding hydrogens is 395 g/mol. The van der Waals surface area contributed by atoms with Gasteiger partial charge in [-0.05, 0) is 31.5 Å². The van der Waals surface area contributed by atoms with Gasteiger partial charge >= 0.3 is 6.18 Å². The largest absolute Gasteiger partial charge is 0.421 e. The van der Waals surface area contributed by atoms with Crippen LogP contribution in [0.25, 0.3) is 10.9 Å². The van der Waals surface area contributed by atoms with Crippen LogP contribution in [-0.2, 0) is 6.18 Å². The lowest BCUT2D eigenvalue weighted by atomic mass is 10.1. The van der Waals surface area contributed by atoms with Gasteiger partial charge in [-0.2, -0.15) is 23.4 Å². The second-order valence-corrected chi connectivity index (χ2v) is 6.96. The van der Waals surface area contributed by atoms with Crippen molar-refractivity contribution in [2.24, 2.45) is 0 Å². The topological polar surface area (TPSA) is 98.5 Å². The molecule has 0 aliphatic carbocycles. The molecule has 7 nitrogen and oxygen atoms in total. The van der Waals surface area contributed by atoms with Crippen molar-refractivity contribution < 1.29 is 13.2 Å². The number of hydrogen-bond donors (Lipinski definition) is 3. The van der Waals surface area contributed by atoms with E-state index >= 15 is 0 Å². The van der Waals surface area contributed by atoms with Crippen molar-refractivity contribution in [2.75, 3.05) is 23.7 Å². The smallest absolute Gasteiger partial charge is 0.350 e. The van der Waals surface area contributed by atoms with Crippen molar-refractivity contribution in [3.63, 3.8) is 0 Å². The number of nitrogens with zero attached hydrogens (tertiary/aromatic N) is 4. The van der Waals surface area contributed by atoms with Gasteiger partial charge in [0.25, 0.3) is 0 Å². The second-order valence-electron chi connectivity index (χ2n) is 6.96. The van der Waals surface area contributed by atoms with E-state index in [1.165, 1.54) is 0 Å². The molecule has 1 atom stereocenters. The van der Waals surface area contributed by atoms with Gasteiger partial charge in [-0.25, -0.2) is 9.97 Å². The third kappa shape index (κ3) is 4.26. The van der Waals surface area contributed by atoms with Gasteiger partial charge in [-0.3, -0.25) is 0 Å². The molecule has 0 bridgehead atoms. The average molecular weight is 413 g/mol. The summed E-state index contributed by atoms with van der Waals surface area (Å²) in [6.45, 7) is 1.58. The van der Waals surface area contributed by atoms with Crippen LogP contribution >= 0.6 is 0 Å². The standard InChI is InChI=1S/C20H18F3N7/c21-20(22,23)15-11-26-19(27-14-5-3-7-25-10-14)30-18(15)29-17-13(9-24)8-12-4-1-2-6-16(12)28-17/h1-2,4,6,8,11,14,25H,3,5,7,10H2,(H2,26,27,28,29,30)/t14-/m0/s1. The summed E-state index contributed by atoms with van der Waals surface area (Å²) in [5.41, 5.74) is -0.367. The zero-order chi connectivity index (χ0) is 21.1. The van der Waals surface area contributed by atoms with Gasteiger partial charge in [0.15, 0.2) is 0 Å². The van der Waals surface area contributed by atoms with Gasteiger partial charge in [0.2, 0.25) is 5.95 Å². The van der Waals surface area contributed by atoms with E-state index in [1.54, 1.807) is 30.3 Å². The third-order valence-electron chi connectivity index (χ3n) is 4.81. The van der Waals surface area contributed by atoms with Crippen LogP contribution in [0.1, 0.15) is 24.0 Å². The van der Waals surface area contributed by atoms with Crippen molar-refractivity contribution in [3.8, 4) is 6.07 Å². The fourth-order valence-electron chi connectivity index (χ4n) is 3.32. The van der Waals surface area contributed by atoms with Crippen LogP contribution in [0.15, 0.2) is 36.5 Å². The monoisotopic (exact) mass is 413 g/mol. The molecule has 3 N–H and O–H groups in total. The molecule has 1 saturated heterocycles. The summed E-state index contributed by atoms with van der Waals surface area (Å²) < 4.78 is 40.6. The van der Waals surface area contributed by atoms with Crippen molar-refractivity contribution >= 4 is 28.5 Å². The second kappa shape index (κ2) is 8.12. The molecule has 10 heteroatoms. The van der Waals surface area contributed by atoms with Crippen molar-refractivity contribution in [1.82, 2.24) is 20.3 Å². The first-order chi connectivity index (χ1) is 14.4. The average Bonchev–Trinajstić information content (AvgIpc) is 2.73. The summed E-state index contributed by atoms with van der Waals surface area (Å²) in [6, 6.07) is 10.6. The number of rotatable bonds is 4. The minimum absolute atomic E-state index is 0.00526. The fraction of sp³-hybridized carbons (Fsp3) is 0.300. The van der Waals surface area contributed by atoms with E-state index in [4.69, 9.17) is 0 Å². The van der Waals surface area contributed by atoms with Crippen LogP contribution in [0.4, 0.5) is 30.8 Å². The molecule has 3 heterocycles. The first-order valence-electron chi connectivity index (χ1n) is 9.42. The van der Waals surface area contributed by atoms with E-state index in [1.807, 2.05) is 6.07 Å². The molecule has 1 aliphatic heterocycles. The number of para-hydroxylation sites is 1. The Kier molecular flexibility index (Phi) is 5.37. The molecule has 0 unspecified atom stereocenters. The number of nitrogens with one attached hydrogen (secondary N) is 3.